The molecule has 29 heavy (non-hydrogen) atoms. The summed E-state index contributed by atoms with van der Waals surface area (Å²) in [6.45, 7) is 4.50. The highest BCUT2D eigenvalue weighted by Crippen LogP contribution is 2.27. The van der Waals surface area contributed by atoms with E-state index in [1.54, 1.807) is 18.7 Å². The molecule has 146 valence electrons. The fourth-order valence-electron chi connectivity index (χ4n) is 3.22. The van der Waals surface area contributed by atoms with Gasteiger partial charge >= 0.3 is 0 Å². The van der Waals surface area contributed by atoms with Crippen LogP contribution in [0.4, 0.5) is 5.69 Å². The molecule has 0 fully saturated rings. The summed E-state index contributed by atoms with van der Waals surface area (Å²) >= 11 is 0. The number of rotatable bonds is 6. The van der Waals surface area contributed by atoms with Gasteiger partial charge in [-0.15, -0.1) is 0 Å². The molecule has 1 N–H and O–H groups in total. The first-order chi connectivity index (χ1) is 14.1. The molecule has 0 radical (unpaired) electrons. The number of carbonyl (C=O) groups is 1. The molecule has 2 aromatic carbocycles. The first-order valence-electron chi connectivity index (χ1n) is 9.48. The van der Waals surface area contributed by atoms with Crippen LogP contribution >= 0.6 is 0 Å². The van der Waals surface area contributed by atoms with Crippen LogP contribution in [0.15, 0.2) is 71.6 Å². The van der Waals surface area contributed by atoms with Gasteiger partial charge in [-0.1, -0.05) is 24.3 Å². The lowest BCUT2D eigenvalue weighted by atomic mass is 10.0. The topological polar surface area (TPSA) is 64.4 Å². The van der Waals surface area contributed by atoms with Crippen molar-refractivity contribution in [3.63, 3.8) is 0 Å². The predicted octanol–water partition coefficient (Wildman–Crippen LogP) is 5.20. The summed E-state index contributed by atoms with van der Waals surface area (Å²) in [5, 5.41) is 3.92. The third-order valence-corrected chi connectivity index (χ3v) is 4.94. The van der Waals surface area contributed by atoms with Crippen LogP contribution in [0.5, 0.6) is 5.75 Å². The SMILES string of the molecule is Cc1ccc2c(CC(=O)Nc3cccc(OCc4cccnc4)c3)coc2c1C. The molecule has 2 heterocycles. The predicted molar refractivity (Wildman–Crippen MR) is 113 cm³/mol. The Morgan fingerprint density at radius 2 is 2.03 bits per heavy atom. The largest absolute Gasteiger partial charge is 0.489 e. The molecule has 0 saturated carbocycles. The molecule has 0 saturated heterocycles. The number of nitrogens with one attached hydrogen (secondary N) is 1. The Bertz CT molecular complexity index is 1150. The molecule has 0 aliphatic rings. The van der Waals surface area contributed by atoms with Crippen molar-refractivity contribution in [1.82, 2.24) is 4.98 Å². The Balaban J connectivity index is 1.42. The number of amides is 1. The lowest BCUT2D eigenvalue weighted by molar-refractivity contribution is -0.115. The minimum Gasteiger partial charge on any atom is -0.489 e. The highest BCUT2D eigenvalue weighted by Gasteiger charge is 2.13. The second-order valence-electron chi connectivity index (χ2n) is 7.05. The fourth-order valence-corrected chi connectivity index (χ4v) is 3.22. The van der Waals surface area contributed by atoms with Crippen molar-refractivity contribution in [3.8, 4) is 5.75 Å². The van der Waals surface area contributed by atoms with Crippen molar-refractivity contribution in [2.24, 2.45) is 0 Å². The molecule has 0 bridgehead atoms. The van der Waals surface area contributed by atoms with Gasteiger partial charge in [0.1, 0.15) is 17.9 Å². The maximum absolute atomic E-state index is 12.6. The highest BCUT2D eigenvalue weighted by atomic mass is 16.5. The van der Waals surface area contributed by atoms with Crippen molar-refractivity contribution in [1.29, 1.82) is 0 Å². The minimum atomic E-state index is -0.102. The van der Waals surface area contributed by atoms with Crippen molar-refractivity contribution in [3.05, 3.63) is 89.4 Å². The van der Waals surface area contributed by atoms with Crippen LogP contribution in [0.3, 0.4) is 0 Å². The number of fused-ring (bicyclic) bond motifs is 1. The summed E-state index contributed by atoms with van der Waals surface area (Å²) < 4.78 is 11.5. The number of furan rings is 1. The summed E-state index contributed by atoms with van der Waals surface area (Å²) in [6, 6.07) is 15.3. The quantitative estimate of drug-likeness (QED) is 0.494. The van der Waals surface area contributed by atoms with Crippen LogP contribution in [0.25, 0.3) is 11.0 Å². The zero-order valence-corrected chi connectivity index (χ0v) is 16.4. The maximum Gasteiger partial charge on any atom is 0.228 e. The second kappa shape index (κ2) is 8.19. The van der Waals surface area contributed by atoms with Gasteiger partial charge in [0, 0.05) is 40.7 Å². The molecule has 5 nitrogen and oxygen atoms in total. The van der Waals surface area contributed by atoms with E-state index in [0.29, 0.717) is 18.0 Å². The van der Waals surface area contributed by atoms with Gasteiger partial charge in [-0.25, -0.2) is 0 Å². The minimum absolute atomic E-state index is 0.102. The van der Waals surface area contributed by atoms with E-state index in [1.165, 1.54) is 5.56 Å². The normalized spacial score (nSPS) is 10.8. The third kappa shape index (κ3) is 4.29. The van der Waals surface area contributed by atoms with Crippen LogP contribution in [0.1, 0.15) is 22.3 Å². The van der Waals surface area contributed by atoms with Crippen molar-refractivity contribution in [2.75, 3.05) is 5.32 Å². The van der Waals surface area contributed by atoms with E-state index in [0.717, 1.165) is 27.7 Å². The van der Waals surface area contributed by atoms with Crippen LogP contribution in [-0.4, -0.2) is 10.9 Å². The van der Waals surface area contributed by atoms with Gasteiger partial charge in [0.2, 0.25) is 5.91 Å². The summed E-state index contributed by atoms with van der Waals surface area (Å²) in [7, 11) is 0. The molecule has 4 aromatic rings. The van der Waals surface area contributed by atoms with Crippen LogP contribution in [0.2, 0.25) is 0 Å². The monoisotopic (exact) mass is 386 g/mol. The zero-order valence-electron chi connectivity index (χ0n) is 16.4. The number of anilines is 1. The molecular weight excluding hydrogens is 364 g/mol. The molecule has 0 atom stereocenters. The number of aryl methyl sites for hydroxylation is 2. The van der Waals surface area contributed by atoms with Gasteiger partial charge in [-0.3, -0.25) is 9.78 Å². The Kier molecular flexibility index (Phi) is 5.29. The maximum atomic E-state index is 12.6. The Hall–Kier alpha value is -3.60. The molecule has 0 aliphatic carbocycles. The molecular formula is C24H22N2O3. The Labute approximate surface area is 169 Å². The van der Waals surface area contributed by atoms with Gasteiger partial charge in [-0.2, -0.15) is 0 Å². The van der Waals surface area contributed by atoms with E-state index < -0.39 is 0 Å². The Morgan fingerprint density at radius 3 is 2.86 bits per heavy atom. The number of hydrogen-bond acceptors (Lipinski definition) is 4. The number of nitrogens with zero attached hydrogens (tertiary/aromatic N) is 1. The van der Waals surface area contributed by atoms with Gasteiger partial charge in [0.25, 0.3) is 0 Å². The fraction of sp³-hybridized carbons (Fsp3) is 0.167. The van der Waals surface area contributed by atoms with E-state index >= 15 is 0 Å². The summed E-state index contributed by atoms with van der Waals surface area (Å²) in [5.74, 6) is 0.585. The molecule has 0 aliphatic heterocycles. The highest BCUT2D eigenvalue weighted by molar-refractivity contribution is 5.96. The molecule has 2 aromatic heterocycles. The van der Waals surface area contributed by atoms with Gasteiger partial charge in [0.05, 0.1) is 12.7 Å². The van der Waals surface area contributed by atoms with Crippen LogP contribution in [0, 0.1) is 13.8 Å². The standard InChI is InChI=1S/C24H22N2O3/c1-16-8-9-22-19(15-29-24(22)17(16)2)11-23(27)26-20-6-3-7-21(12-20)28-14-18-5-4-10-25-13-18/h3-10,12-13,15H,11,14H2,1-2H3,(H,26,27). The smallest absolute Gasteiger partial charge is 0.228 e. The van der Waals surface area contributed by atoms with E-state index in [9.17, 15) is 4.79 Å². The average molecular weight is 386 g/mol. The van der Waals surface area contributed by atoms with Crippen LogP contribution in [-0.2, 0) is 17.8 Å². The first-order valence-corrected chi connectivity index (χ1v) is 9.48. The second-order valence-corrected chi connectivity index (χ2v) is 7.05. The lowest BCUT2D eigenvalue weighted by Gasteiger charge is -2.09. The number of hydrogen-bond donors (Lipinski definition) is 1. The lowest BCUT2D eigenvalue weighted by Crippen LogP contribution is -2.14. The Morgan fingerprint density at radius 1 is 1.14 bits per heavy atom. The number of benzene rings is 2. The summed E-state index contributed by atoms with van der Waals surface area (Å²) in [4.78, 5) is 16.6. The molecule has 5 heteroatoms. The molecule has 1 amide bonds. The number of ether oxygens (including phenoxy) is 1. The van der Waals surface area contributed by atoms with Gasteiger partial charge in [-0.05, 0) is 43.2 Å². The van der Waals surface area contributed by atoms with E-state index in [2.05, 4.69) is 16.4 Å². The first kappa shape index (κ1) is 18.7. The summed E-state index contributed by atoms with van der Waals surface area (Å²) in [5.41, 5.74) is 5.68. The van der Waals surface area contributed by atoms with Crippen LogP contribution < -0.4 is 10.1 Å². The number of pyridine rings is 1. The van der Waals surface area contributed by atoms with Gasteiger partial charge in [0.15, 0.2) is 0 Å². The zero-order chi connectivity index (χ0) is 20.2. The number of aromatic nitrogens is 1. The van der Waals surface area contributed by atoms with Gasteiger partial charge < -0.3 is 14.5 Å². The van der Waals surface area contributed by atoms with E-state index in [1.807, 2.05) is 56.3 Å². The molecule has 0 spiro atoms. The molecule has 0 unspecified atom stereocenters. The molecule has 4 rings (SSSR count). The third-order valence-electron chi connectivity index (χ3n) is 4.94. The van der Waals surface area contributed by atoms with E-state index in [4.69, 9.17) is 9.15 Å². The average Bonchev–Trinajstić information content (AvgIpc) is 3.13. The number of carbonyl (C=O) groups excluding carboxylic acids is 1. The van der Waals surface area contributed by atoms with Crippen molar-refractivity contribution < 1.29 is 13.9 Å². The van der Waals surface area contributed by atoms with E-state index in [-0.39, 0.29) is 12.3 Å². The summed E-state index contributed by atoms with van der Waals surface area (Å²) in [6.07, 6.45) is 5.41. The van der Waals surface area contributed by atoms with Crippen molar-refractivity contribution in [2.45, 2.75) is 26.9 Å². The van der Waals surface area contributed by atoms with Crippen molar-refractivity contribution >= 4 is 22.6 Å².